The topological polar surface area (TPSA) is 72.2 Å². The second kappa shape index (κ2) is 6.34. The number of nitro benzene ring substituents is 1. The lowest BCUT2D eigenvalue weighted by molar-refractivity contribution is -0.384. The third kappa shape index (κ3) is 4.14. The molecule has 5 nitrogen and oxygen atoms in total. The number of benzene rings is 1. The number of hydrogen-bond donors (Lipinski definition) is 1. The van der Waals surface area contributed by atoms with Gasteiger partial charge in [-0.25, -0.2) is 0 Å². The van der Waals surface area contributed by atoms with Crippen LogP contribution in [0.4, 0.5) is 11.4 Å². The van der Waals surface area contributed by atoms with Crippen LogP contribution in [0.25, 0.3) is 0 Å². The molecule has 0 aliphatic carbocycles. The highest BCUT2D eigenvalue weighted by molar-refractivity contribution is 7.84. The summed E-state index contributed by atoms with van der Waals surface area (Å²) in [5.74, 6) is 1.11. The van der Waals surface area contributed by atoms with Gasteiger partial charge in [0, 0.05) is 34.9 Å². The molecule has 0 aliphatic heterocycles. The van der Waals surface area contributed by atoms with Crippen LogP contribution in [0.5, 0.6) is 0 Å². The van der Waals surface area contributed by atoms with Crippen molar-refractivity contribution in [2.24, 2.45) is 0 Å². The molecule has 0 amide bonds. The monoisotopic (exact) mass is 256 g/mol. The van der Waals surface area contributed by atoms with Gasteiger partial charge in [-0.05, 0) is 18.6 Å². The SMILES string of the molecule is CCS(=O)CCNc1ccc(C)cc1[N+](=O)[O-]. The number of hydrogen-bond acceptors (Lipinski definition) is 4. The van der Waals surface area contributed by atoms with Gasteiger partial charge in [-0.2, -0.15) is 0 Å². The maximum Gasteiger partial charge on any atom is 0.292 e. The predicted molar refractivity (Wildman–Crippen MR) is 69.9 cm³/mol. The molecule has 1 atom stereocenters. The highest BCUT2D eigenvalue weighted by Gasteiger charge is 2.13. The van der Waals surface area contributed by atoms with Crippen molar-refractivity contribution in [1.82, 2.24) is 0 Å². The van der Waals surface area contributed by atoms with E-state index in [9.17, 15) is 14.3 Å². The van der Waals surface area contributed by atoms with Crippen molar-refractivity contribution >= 4 is 22.2 Å². The van der Waals surface area contributed by atoms with Gasteiger partial charge < -0.3 is 5.32 Å². The summed E-state index contributed by atoms with van der Waals surface area (Å²) < 4.78 is 11.2. The molecule has 0 saturated heterocycles. The van der Waals surface area contributed by atoms with E-state index >= 15 is 0 Å². The fraction of sp³-hybridized carbons (Fsp3) is 0.455. The van der Waals surface area contributed by atoms with Gasteiger partial charge in [0.25, 0.3) is 5.69 Å². The first-order valence-corrected chi connectivity index (χ1v) is 6.87. The molecule has 0 heterocycles. The average Bonchev–Trinajstić information content (AvgIpc) is 2.30. The van der Waals surface area contributed by atoms with Crippen molar-refractivity contribution in [3.8, 4) is 0 Å². The normalized spacial score (nSPS) is 12.1. The number of anilines is 1. The summed E-state index contributed by atoms with van der Waals surface area (Å²) in [6.45, 7) is 4.14. The van der Waals surface area contributed by atoms with Crippen molar-refractivity contribution in [2.75, 3.05) is 23.4 Å². The number of aryl methyl sites for hydroxylation is 1. The lowest BCUT2D eigenvalue weighted by Crippen LogP contribution is -2.12. The minimum Gasteiger partial charge on any atom is -0.379 e. The molecule has 1 aromatic rings. The minimum atomic E-state index is -0.855. The minimum absolute atomic E-state index is 0.0623. The first kappa shape index (κ1) is 13.6. The molecule has 0 bridgehead atoms. The first-order chi connectivity index (χ1) is 8.04. The molecule has 0 saturated carbocycles. The third-order valence-electron chi connectivity index (χ3n) is 2.32. The molecular formula is C11H16N2O3S. The van der Waals surface area contributed by atoms with Crippen molar-refractivity contribution in [2.45, 2.75) is 13.8 Å². The molecular weight excluding hydrogens is 240 g/mol. The largest absolute Gasteiger partial charge is 0.379 e. The Morgan fingerprint density at radius 3 is 2.76 bits per heavy atom. The molecule has 0 radical (unpaired) electrons. The van der Waals surface area contributed by atoms with Gasteiger partial charge in [0.2, 0.25) is 0 Å². The van der Waals surface area contributed by atoms with E-state index in [-0.39, 0.29) is 5.69 Å². The van der Waals surface area contributed by atoms with E-state index in [0.717, 1.165) is 5.56 Å². The Morgan fingerprint density at radius 1 is 1.47 bits per heavy atom. The Kier molecular flexibility index (Phi) is 5.09. The molecule has 1 N–H and O–H groups in total. The third-order valence-corrected chi connectivity index (χ3v) is 3.62. The lowest BCUT2D eigenvalue weighted by Gasteiger charge is -2.07. The standard InChI is InChI=1S/C11H16N2O3S/c1-3-17(16)7-6-12-10-5-4-9(2)8-11(10)13(14)15/h4-5,8,12H,3,6-7H2,1-2H3. The zero-order valence-corrected chi connectivity index (χ0v) is 10.8. The number of nitrogens with zero attached hydrogens (tertiary/aromatic N) is 1. The summed E-state index contributed by atoms with van der Waals surface area (Å²) in [5.41, 5.74) is 1.39. The van der Waals surface area contributed by atoms with Crippen LogP contribution in [0.2, 0.25) is 0 Å². The average molecular weight is 256 g/mol. The van der Waals surface area contributed by atoms with E-state index in [2.05, 4.69) is 5.32 Å². The van der Waals surface area contributed by atoms with Gasteiger partial charge in [0.1, 0.15) is 5.69 Å². The zero-order chi connectivity index (χ0) is 12.8. The van der Waals surface area contributed by atoms with Gasteiger partial charge in [-0.1, -0.05) is 13.0 Å². The van der Waals surface area contributed by atoms with Gasteiger partial charge >= 0.3 is 0 Å². The summed E-state index contributed by atoms with van der Waals surface area (Å²) in [5, 5.41) is 13.8. The van der Waals surface area contributed by atoms with Crippen molar-refractivity contribution in [3.63, 3.8) is 0 Å². The quantitative estimate of drug-likeness (QED) is 0.624. The first-order valence-electron chi connectivity index (χ1n) is 5.38. The van der Waals surface area contributed by atoms with Crippen LogP contribution in [0.3, 0.4) is 0 Å². The van der Waals surface area contributed by atoms with Crippen LogP contribution in [0.1, 0.15) is 12.5 Å². The summed E-state index contributed by atoms with van der Waals surface area (Å²) in [4.78, 5) is 10.4. The van der Waals surface area contributed by atoms with Crippen LogP contribution in [-0.4, -0.2) is 27.2 Å². The van der Waals surface area contributed by atoms with E-state index in [0.29, 0.717) is 23.7 Å². The van der Waals surface area contributed by atoms with Gasteiger partial charge in [0.15, 0.2) is 0 Å². The molecule has 0 aliphatic rings. The Morgan fingerprint density at radius 2 is 2.18 bits per heavy atom. The van der Waals surface area contributed by atoms with Crippen LogP contribution < -0.4 is 5.32 Å². The molecule has 1 rings (SSSR count). The number of nitrogens with one attached hydrogen (secondary N) is 1. The van der Waals surface area contributed by atoms with Crippen molar-refractivity contribution in [1.29, 1.82) is 0 Å². The molecule has 1 aromatic carbocycles. The summed E-state index contributed by atoms with van der Waals surface area (Å²) >= 11 is 0. The molecule has 94 valence electrons. The molecule has 6 heteroatoms. The van der Waals surface area contributed by atoms with E-state index in [4.69, 9.17) is 0 Å². The van der Waals surface area contributed by atoms with E-state index in [1.807, 2.05) is 19.9 Å². The number of nitro groups is 1. The smallest absolute Gasteiger partial charge is 0.292 e. The fourth-order valence-electron chi connectivity index (χ4n) is 1.39. The van der Waals surface area contributed by atoms with Crippen molar-refractivity contribution in [3.05, 3.63) is 33.9 Å². The van der Waals surface area contributed by atoms with Crippen LogP contribution >= 0.6 is 0 Å². The fourth-order valence-corrected chi connectivity index (χ4v) is 2.00. The second-order valence-electron chi connectivity index (χ2n) is 3.64. The van der Waals surface area contributed by atoms with Gasteiger partial charge in [-0.3, -0.25) is 14.3 Å². The Hall–Kier alpha value is -1.43. The molecule has 0 aromatic heterocycles. The summed E-state index contributed by atoms with van der Waals surface area (Å²) in [6.07, 6.45) is 0. The lowest BCUT2D eigenvalue weighted by atomic mass is 10.2. The number of rotatable bonds is 6. The molecule has 0 spiro atoms. The highest BCUT2D eigenvalue weighted by atomic mass is 32.2. The predicted octanol–water partition coefficient (Wildman–Crippen LogP) is 2.08. The Balaban J connectivity index is 2.70. The molecule has 0 fully saturated rings. The maximum absolute atomic E-state index is 11.2. The highest BCUT2D eigenvalue weighted by Crippen LogP contribution is 2.24. The van der Waals surface area contributed by atoms with E-state index < -0.39 is 15.7 Å². The van der Waals surface area contributed by atoms with E-state index in [1.165, 1.54) is 6.07 Å². The Bertz CT molecular complexity index is 435. The molecule has 17 heavy (non-hydrogen) atoms. The zero-order valence-electron chi connectivity index (χ0n) is 9.93. The Labute approximate surface area is 103 Å². The van der Waals surface area contributed by atoms with Crippen LogP contribution in [0.15, 0.2) is 18.2 Å². The van der Waals surface area contributed by atoms with Gasteiger partial charge in [0.05, 0.1) is 4.92 Å². The summed E-state index contributed by atoms with van der Waals surface area (Å²) in [7, 11) is -0.855. The van der Waals surface area contributed by atoms with Gasteiger partial charge in [-0.15, -0.1) is 0 Å². The van der Waals surface area contributed by atoms with Crippen LogP contribution in [-0.2, 0) is 10.8 Å². The maximum atomic E-state index is 11.2. The van der Waals surface area contributed by atoms with Crippen LogP contribution in [0, 0.1) is 17.0 Å². The van der Waals surface area contributed by atoms with E-state index in [1.54, 1.807) is 6.07 Å². The second-order valence-corrected chi connectivity index (χ2v) is 5.50. The molecule has 1 unspecified atom stereocenters. The summed E-state index contributed by atoms with van der Waals surface area (Å²) in [6, 6.07) is 5.02. The van der Waals surface area contributed by atoms with Crippen molar-refractivity contribution < 1.29 is 9.13 Å².